The van der Waals surface area contributed by atoms with Gasteiger partial charge in [0.1, 0.15) is 37.9 Å². The van der Waals surface area contributed by atoms with Gasteiger partial charge < -0.3 is 34.0 Å². The Morgan fingerprint density at radius 2 is 0.900 bits per heavy atom. The molecule has 0 saturated heterocycles. The van der Waals surface area contributed by atoms with Gasteiger partial charge in [0, 0.05) is 0 Å². The number of hydrogen-bond donors (Lipinski definition) is 0. The van der Waals surface area contributed by atoms with Gasteiger partial charge in [-0.15, -0.1) is 0 Å². The second-order valence-electron chi connectivity index (χ2n) is 10.4. The lowest BCUT2D eigenvalue weighted by Crippen LogP contribution is -3.00. The summed E-state index contributed by atoms with van der Waals surface area (Å²) < 4.78 is 9.21. The van der Waals surface area contributed by atoms with E-state index in [1.54, 1.807) is 0 Å². The summed E-state index contributed by atoms with van der Waals surface area (Å²) in [6, 6.07) is 30.7. The fourth-order valence-electron chi connectivity index (χ4n) is 5.37. The largest absolute Gasteiger partial charge is 1.00 e. The van der Waals surface area contributed by atoms with E-state index >= 15 is 0 Å². The van der Waals surface area contributed by atoms with Crippen LogP contribution in [0, 0.1) is 0 Å². The predicted molar refractivity (Wildman–Crippen MR) is 154 cm³/mol. The quantitative estimate of drug-likeness (QED) is 0.143. The number of rotatable bonds is 11. The number of hydrogen-bond acceptors (Lipinski definition) is 0. The second kappa shape index (κ2) is 14.4. The van der Waals surface area contributed by atoms with Gasteiger partial charge in [0.25, 0.3) is 0 Å². The first-order chi connectivity index (χ1) is 18.8. The average molecular weight is 660 g/mol. The fourth-order valence-corrected chi connectivity index (χ4v) is 5.37. The lowest BCUT2D eigenvalue weighted by atomic mass is 10.1. The molecule has 40 heavy (non-hydrogen) atoms. The minimum Gasteiger partial charge on any atom is -1.00 e. The number of halogens is 2. The Morgan fingerprint density at radius 1 is 0.475 bits per heavy atom. The van der Waals surface area contributed by atoms with Crippen LogP contribution in [0.4, 0.5) is 0 Å². The van der Waals surface area contributed by atoms with Gasteiger partial charge in [-0.3, -0.25) is 0 Å². The highest BCUT2D eigenvalue weighted by Gasteiger charge is 2.07. The average Bonchev–Trinajstić information content (AvgIpc) is 3.59. The van der Waals surface area contributed by atoms with Crippen LogP contribution in [0.1, 0.15) is 36.8 Å². The molecule has 0 saturated carbocycles. The van der Waals surface area contributed by atoms with Gasteiger partial charge in [0.15, 0.2) is 0 Å². The van der Waals surface area contributed by atoms with Crippen LogP contribution >= 0.6 is 0 Å². The molecule has 0 N–H and O–H groups in total. The molecule has 0 spiro atoms. The minimum absolute atomic E-state index is 0. The van der Waals surface area contributed by atoms with Crippen molar-refractivity contribution in [3.63, 3.8) is 0 Å². The van der Waals surface area contributed by atoms with E-state index in [1.807, 2.05) is 0 Å². The molecule has 0 aliphatic rings. The lowest BCUT2D eigenvalue weighted by Gasteiger charge is -2.02. The van der Waals surface area contributed by atoms with Crippen LogP contribution in [0.25, 0.3) is 21.5 Å². The highest BCUT2D eigenvalue weighted by Crippen LogP contribution is 2.16. The molecule has 0 atom stereocenters. The molecule has 0 bridgehead atoms. The Hall–Kier alpha value is -3.22. The van der Waals surface area contributed by atoms with E-state index in [2.05, 4.69) is 141 Å². The van der Waals surface area contributed by atoms with E-state index in [0.717, 1.165) is 26.2 Å². The van der Waals surface area contributed by atoms with Gasteiger partial charge in [-0.05, 0) is 70.5 Å². The molecule has 0 fully saturated rings. The SMILES string of the molecule is [Br-].[Br-].c1ccc2cc(C[n+]3ccn(CCCCCCn4cc[n+](Cc5ccc6ccccc6c5)c4)c3)ccc2c1. The Balaban J connectivity index is 0.00000185. The van der Waals surface area contributed by atoms with E-state index in [0.29, 0.717) is 0 Å². The summed E-state index contributed by atoms with van der Waals surface area (Å²) >= 11 is 0. The molecule has 4 nitrogen and oxygen atoms in total. The molecule has 6 aromatic rings. The molecule has 0 amide bonds. The minimum atomic E-state index is 0. The summed E-state index contributed by atoms with van der Waals surface area (Å²) in [7, 11) is 0. The van der Waals surface area contributed by atoms with Gasteiger partial charge in [-0.2, -0.15) is 0 Å². The molecule has 2 heterocycles. The maximum Gasteiger partial charge on any atom is 0.244 e. The van der Waals surface area contributed by atoms with Crippen LogP contribution in [-0.4, -0.2) is 9.13 Å². The Labute approximate surface area is 258 Å². The standard InChI is InChI=1S/C34H36N4.2BrH/c1(7-17-35-19-21-37(27-35)25-29-13-15-31-9-3-5-11-33(31)23-29)2-8-18-36-20-22-38(28-36)26-30-14-16-32-10-4-6-12-34(32)24-30;;/h3-6,9-16,19-24,27-28H,1-2,7-8,17-18,25-26H2;2*1H/q+2;;/p-2. The third-order valence-electron chi connectivity index (χ3n) is 7.43. The monoisotopic (exact) mass is 658 g/mol. The molecule has 0 radical (unpaired) electrons. The van der Waals surface area contributed by atoms with Crippen molar-refractivity contribution >= 4 is 21.5 Å². The lowest BCUT2D eigenvalue weighted by molar-refractivity contribution is -0.688. The molecule has 0 aliphatic heterocycles. The molecular weight excluding hydrogens is 624 g/mol. The maximum atomic E-state index is 2.32. The Bertz CT molecular complexity index is 1530. The third-order valence-corrected chi connectivity index (χ3v) is 7.43. The maximum absolute atomic E-state index is 2.32. The number of aryl methyl sites for hydroxylation is 2. The van der Waals surface area contributed by atoms with E-state index < -0.39 is 0 Å². The van der Waals surface area contributed by atoms with Crippen molar-refractivity contribution in [1.82, 2.24) is 9.13 Å². The van der Waals surface area contributed by atoms with E-state index in [4.69, 9.17) is 0 Å². The molecule has 4 aromatic carbocycles. The number of unbranched alkanes of at least 4 members (excludes halogenated alkanes) is 3. The molecule has 0 aliphatic carbocycles. The highest BCUT2D eigenvalue weighted by atomic mass is 79.9. The number of fused-ring (bicyclic) bond motifs is 2. The first-order valence-electron chi connectivity index (χ1n) is 13.8. The van der Waals surface area contributed by atoms with Crippen LogP contribution < -0.4 is 43.1 Å². The first kappa shape index (κ1) is 29.8. The van der Waals surface area contributed by atoms with E-state index in [9.17, 15) is 0 Å². The molecule has 0 unspecified atom stereocenters. The normalized spacial score (nSPS) is 10.9. The number of imidazole rings is 2. The molecule has 6 heteroatoms. The zero-order valence-electron chi connectivity index (χ0n) is 22.7. The smallest absolute Gasteiger partial charge is 0.244 e. The van der Waals surface area contributed by atoms with Gasteiger partial charge in [-0.25, -0.2) is 18.3 Å². The summed E-state index contributed by atoms with van der Waals surface area (Å²) in [5.41, 5.74) is 2.69. The van der Waals surface area contributed by atoms with Crippen molar-refractivity contribution in [2.24, 2.45) is 0 Å². The Morgan fingerprint density at radius 3 is 1.35 bits per heavy atom. The fraction of sp³-hybridized carbons (Fsp3) is 0.235. The van der Waals surface area contributed by atoms with Crippen molar-refractivity contribution in [1.29, 1.82) is 0 Å². The summed E-state index contributed by atoms with van der Waals surface area (Å²) in [4.78, 5) is 0. The van der Waals surface area contributed by atoms with Crippen LogP contribution in [0.15, 0.2) is 122 Å². The molecule has 2 aromatic heterocycles. The first-order valence-corrected chi connectivity index (χ1v) is 13.8. The highest BCUT2D eigenvalue weighted by molar-refractivity contribution is 5.83. The van der Waals surface area contributed by atoms with E-state index in [-0.39, 0.29) is 34.0 Å². The van der Waals surface area contributed by atoms with Crippen LogP contribution in [0.2, 0.25) is 0 Å². The third kappa shape index (κ3) is 7.70. The van der Waals surface area contributed by atoms with Gasteiger partial charge >= 0.3 is 0 Å². The van der Waals surface area contributed by atoms with Crippen LogP contribution in [-0.2, 0) is 26.2 Å². The van der Waals surface area contributed by atoms with Crippen molar-refractivity contribution in [2.75, 3.05) is 0 Å². The summed E-state index contributed by atoms with van der Waals surface area (Å²) in [5, 5.41) is 5.22. The summed E-state index contributed by atoms with van der Waals surface area (Å²) in [5.74, 6) is 0. The van der Waals surface area contributed by atoms with Crippen molar-refractivity contribution < 1.29 is 43.1 Å². The number of benzene rings is 4. The van der Waals surface area contributed by atoms with Crippen LogP contribution in [0.5, 0.6) is 0 Å². The van der Waals surface area contributed by atoms with Gasteiger partial charge in [-0.1, -0.05) is 72.8 Å². The van der Waals surface area contributed by atoms with E-state index in [1.165, 1.54) is 58.4 Å². The zero-order valence-corrected chi connectivity index (χ0v) is 25.9. The molecular formula is C34H36Br2N4. The molecule has 6 rings (SSSR count). The topological polar surface area (TPSA) is 17.6 Å². The van der Waals surface area contributed by atoms with Crippen LogP contribution in [0.3, 0.4) is 0 Å². The predicted octanol–water partition coefficient (Wildman–Crippen LogP) is 0.536. The number of nitrogens with zero attached hydrogens (tertiary/aromatic N) is 4. The Kier molecular flexibility index (Phi) is 10.7. The zero-order chi connectivity index (χ0) is 25.6. The van der Waals surface area contributed by atoms with Crippen molar-refractivity contribution in [3.05, 3.63) is 133 Å². The number of aromatic nitrogens is 4. The molecule has 206 valence electrons. The second-order valence-corrected chi connectivity index (χ2v) is 10.4. The summed E-state index contributed by atoms with van der Waals surface area (Å²) in [6.45, 7) is 3.99. The van der Waals surface area contributed by atoms with Gasteiger partial charge in [0.2, 0.25) is 12.7 Å². The van der Waals surface area contributed by atoms with Gasteiger partial charge in [0.05, 0.1) is 13.1 Å². The summed E-state index contributed by atoms with van der Waals surface area (Å²) in [6.07, 6.45) is 18.2. The van der Waals surface area contributed by atoms with Crippen molar-refractivity contribution in [3.8, 4) is 0 Å². The van der Waals surface area contributed by atoms with Crippen molar-refractivity contribution in [2.45, 2.75) is 51.9 Å².